The van der Waals surface area contributed by atoms with Crippen molar-refractivity contribution in [3.63, 3.8) is 0 Å². The second-order valence-electron chi connectivity index (χ2n) is 4.06. The highest BCUT2D eigenvalue weighted by molar-refractivity contribution is 5.93. The van der Waals surface area contributed by atoms with Gasteiger partial charge in [0.05, 0.1) is 5.56 Å². The number of carbonyl (C=O) groups is 2. The molecule has 8 nitrogen and oxygen atoms in total. The Morgan fingerprint density at radius 3 is 2.86 bits per heavy atom. The van der Waals surface area contributed by atoms with Gasteiger partial charge in [-0.05, 0) is 18.2 Å². The van der Waals surface area contributed by atoms with Gasteiger partial charge in [-0.25, -0.2) is 19.0 Å². The summed E-state index contributed by atoms with van der Waals surface area (Å²) >= 11 is 0. The van der Waals surface area contributed by atoms with Crippen molar-refractivity contribution in [1.82, 2.24) is 20.5 Å². The third-order valence-electron chi connectivity index (χ3n) is 2.57. The van der Waals surface area contributed by atoms with Crippen molar-refractivity contribution >= 4 is 17.7 Å². The number of nitrogens with zero attached hydrogens (tertiary/aromatic N) is 2. The SMILES string of the molecule is O=C(NCCc1ncn[nH]1)Nc1ccc(F)c(C(=O)O)c1. The van der Waals surface area contributed by atoms with Crippen LogP contribution in [0.4, 0.5) is 14.9 Å². The maximum Gasteiger partial charge on any atom is 0.338 e. The van der Waals surface area contributed by atoms with Crippen molar-refractivity contribution in [2.24, 2.45) is 0 Å². The topological polar surface area (TPSA) is 120 Å². The maximum atomic E-state index is 13.2. The third-order valence-corrected chi connectivity index (χ3v) is 2.57. The van der Waals surface area contributed by atoms with E-state index in [-0.39, 0.29) is 5.69 Å². The van der Waals surface area contributed by atoms with Crippen LogP contribution in [0.15, 0.2) is 24.5 Å². The molecule has 0 fully saturated rings. The molecule has 0 unspecified atom stereocenters. The number of amides is 2. The molecule has 2 amide bonds. The molecule has 2 rings (SSSR count). The highest BCUT2D eigenvalue weighted by Crippen LogP contribution is 2.14. The van der Waals surface area contributed by atoms with Crippen molar-refractivity contribution < 1.29 is 19.1 Å². The molecule has 1 aromatic carbocycles. The monoisotopic (exact) mass is 293 g/mol. The summed E-state index contributed by atoms with van der Waals surface area (Å²) in [6.45, 7) is 0.314. The van der Waals surface area contributed by atoms with Crippen molar-refractivity contribution in [2.75, 3.05) is 11.9 Å². The van der Waals surface area contributed by atoms with Crippen molar-refractivity contribution in [1.29, 1.82) is 0 Å². The van der Waals surface area contributed by atoms with Gasteiger partial charge in [0.1, 0.15) is 18.0 Å². The fraction of sp³-hybridized carbons (Fsp3) is 0.167. The van der Waals surface area contributed by atoms with E-state index >= 15 is 0 Å². The lowest BCUT2D eigenvalue weighted by atomic mass is 10.2. The summed E-state index contributed by atoms with van der Waals surface area (Å²) in [6, 6.07) is 2.77. The van der Waals surface area contributed by atoms with Gasteiger partial charge in [-0.15, -0.1) is 0 Å². The number of aromatic amines is 1. The Hall–Kier alpha value is -2.97. The van der Waals surface area contributed by atoms with E-state index in [2.05, 4.69) is 25.8 Å². The molecule has 0 aliphatic carbocycles. The molecular weight excluding hydrogens is 281 g/mol. The van der Waals surface area contributed by atoms with Gasteiger partial charge in [0.2, 0.25) is 0 Å². The second-order valence-corrected chi connectivity index (χ2v) is 4.06. The van der Waals surface area contributed by atoms with Crippen LogP contribution in [0.5, 0.6) is 0 Å². The van der Waals surface area contributed by atoms with Crippen LogP contribution in [0.25, 0.3) is 0 Å². The summed E-state index contributed by atoms with van der Waals surface area (Å²) in [7, 11) is 0. The molecule has 0 aliphatic rings. The van der Waals surface area contributed by atoms with Crippen molar-refractivity contribution in [2.45, 2.75) is 6.42 Å². The first-order valence-electron chi connectivity index (χ1n) is 5.98. The predicted octanol–water partition coefficient (Wildman–Crippen LogP) is 1.01. The van der Waals surface area contributed by atoms with Crippen LogP contribution in [-0.2, 0) is 6.42 Å². The molecule has 21 heavy (non-hydrogen) atoms. The van der Waals surface area contributed by atoms with E-state index < -0.39 is 23.4 Å². The van der Waals surface area contributed by atoms with Gasteiger partial charge in [-0.1, -0.05) is 0 Å². The first-order valence-corrected chi connectivity index (χ1v) is 5.98. The standard InChI is InChI=1S/C12H12FN5O3/c13-9-2-1-7(5-8(9)11(19)20)17-12(21)14-4-3-10-15-6-16-18-10/h1-2,5-6H,3-4H2,(H,19,20)(H2,14,17,21)(H,15,16,18). The van der Waals surface area contributed by atoms with Crippen LogP contribution in [-0.4, -0.2) is 38.8 Å². The number of carboxylic acid groups (broad SMARTS) is 1. The quantitative estimate of drug-likeness (QED) is 0.655. The second kappa shape index (κ2) is 6.46. The maximum absolute atomic E-state index is 13.2. The Morgan fingerprint density at radius 2 is 2.19 bits per heavy atom. The van der Waals surface area contributed by atoms with Gasteiger partial charge < -0.3 is 15.7 Å². The molecule has 0 saturated carbocycles. The molecule has 9 heteroatoms. The van der Waals surface area contributed by atoms with Gasteiger partial charge in [0.15, 0.2) is 0 Å². The van der Waals surface area contributed by atoms with Crippen LogP contribution >= 0.6 is 0 Å². The Morgan fingerprint density at radius 1 is 1.38 bits per heavy atom. The van der Waals surface area contributed by atoms with E-state index in [0.29, 0.717) is 18.8 Å². The lowest BCUT2D eigenvalue weighted by Gasteiger charge is -2.08. The zero-order valence-corrected chi connectivity index (χ0v) is 10.8. The van der Waals surface area contributed by atoms with E-state index in [1.165, 1.54) is 12.4 Å². The molecule has 2 aromatic rings. The smallest absolute Gasteiger partial charge is 0.338 e. The number of aromatic nitrogens is 3. The average molecular weight is 293 g/mol. The third kappa shape index (κ3) is 4.00. The van der Waals surface area contributed by atoms with Crippen LogP contribution in [0.1, 0.15) is 16.2 Å². The van der Waals surface area contributed by atoms with Crippen molar-refractivity contribution in [3.8, 4) is 0 Å². The summed E-state index contributed by atoms with van der Waals surface area (Å²) in [5.74, 6) is -1.63. The van der Waals surface area contributed by atoms with E-state index in [1.807, 2.05) is 0 Å². The number of carbonyl (C=O) groups excluding carboxylic acids is 1. The lowest BCUT2D eigenvalue weighted by Crippen LogP contribution is -2.30. The Balaban J connectivity index is 1.87. The number of aromatic carboxylic acids is 1. The fourth-order valence-corrected chi connectivity index (χ4v) is 1.59. The number of benzene rings is 1. The molecule has 0 bridgehead atoms. The highest BCUT2D eigenvalue weighted by atomic mass is 19.1. The predicted molar refractivity (Wildman–Crippen MR) is 70.5 cm³/mol. The molecule has 0 atom stereocenters. The number of anilines is 1. The first kappa shape index (κ1) is 14.4. The molecule has 110 valence electrons. The Labute approximate surface area is 118 Å². The van der Waals surface area contributed by atoms with Crippen molar-refractivity contribution in [3.05, 3.63) is 41.7 Å². The number of rotatable bonds is 5. The zero-order chi connectivity index (χ0) is 15.2. The minimum atomic E-state index is -1.40. The van der Waals surface area contributed by atoms with Crippen LogP contribution in [0.2, 0.25) is 0 Å². The Bertz CT molecular complexity index is 644. The molecule has 1 aromatic heterocycles. The number of hydrogen-bond donors (Lipinski definition) is 4. The number of H-pyrrole nitrogens is 1. The molecular formula is C12H12FN5O3. The summed E-state index contributed by atoms with van der Waals surface area (Å²) in [6.07, 6.45) is 1.83. The summed E-state index contributed by atoms with van der Waals surface area (Å²) < 4.78 is 13.2. The first-order chi connectivity index (χ1) is 10.1. The number of carboxylic acids is 1. The van der Waals surface area contributed by atoms with Gasteiger partial charge in [-0.3, -0.25) is 5.10 Å². The van der Waals surface area contributed by atoms with Gasteiger partial charge >= 0.3 is 12.0 Å². The summed E-state index contributed by atoms with van der Waals surface area (Å²) in [4.78, 5) is 26.3. The van der Waals surface area contributed by atoms with E-state index in [1.54, 1.807) is 0 Å². The number of halogens is 1. The van der Waals surface area contributed by atoms with Crippen LogP contribution in [0.3, 0.4) is 0 Å². The molecule has 0 saturated heterocycles. The summed E-state index contributed by atoms with van der Waals surface area (Å²) in [5, 5.41) is 20.1. The zero-order valence-electron chi connectivity index (χ0n) is 10.8. The largest absolute Gasteiger partial charge is 0.478 e. The average Bonchev–Trinajstić information content (AvgIpc) is 2.94. The fourth-order valence-electron chi connectivity index (χ4n) is 1.59. The molecule has 4 N–H and O–H groups in total. The van der Waals surface area contributed by atoms with E-state index in [9.17, 15) is 14.0 Å². The van der Waals surface area contributed by atoms with E-state index in [4.69, 9.17) is 5.11 Å². The van der Waals surface area contributed by atoms with Gasteiger partial charge in [0.25, 0.3) is 0 Å². The Kier molecular flexibility index (Phi) is 4.44. The molecule has 0 spiro atoms. The number of hydrogen-bond acceptors (Lipinski definition) is 4. The number of nitrogens with one attached hydrogen (secondary N) is 3. The molecule has 0 aliphatic heterocycles. The van der Waals surface area contributed by atoms with Gasteiger partial charge in [0, 0.05) is 18.7 Å². The molecule has 0 radical (unpaired) electrons. The van der Waals surface area contributed by atoms with Gasteiger partial charge in [-0.2, -0.15) is 5.10 Å². The lowest BCUT2D eigenvalue weighted by molar-refractivity contribution is 0.0692. The minimum absolute atomic E-state index is 0.186. The minimum Gasteiger partial charge on any atom is -0.478 e. The van der Waals surface area contributed by atoms with Crippen LogP contribution < -0.4 is 10.6 Å². The van der Waals surface area contributed by atoms with Crippen LogP contribution in [0, 0.1) is 5.82 Å². The number of urea groups is 1. The molecule has 1 heterocycles. The summed E-state index contributed by atoms with van der Waals surface area (Å²) in [5.41, 5.74) is -0.319. The highest BCUT2D eigenvalue weighted by Gasteiger charge is 2.11. The van der Waals surface area contributed by atoms with E-state index in [0.717, 1.165) is 12.1 Å². The normalized spacial score (nSPS) is 10.1.